The molecule has 2 rings (SSSR count). The van der Waals surface area contributed by atoms with Crippen molar-refractivity contribution < 1.29 is 19.1 Å². The van der Waals surface area contributed by atoms with E-state index in [2.05, 4.69) is 10.6 Å². The molecule has 0 saturated carbocycles. The normalized spacial score (nSPS) is 10.4. The monoisotopic (exact) mass is 354 g/mol. The second-order valence-corrected chi connectivity index (χ2v) is 5.37. The lowest BCUT2D eigenvalue weighted by atomic mass is 10.1. The van der Waals surface area contributed by atoms with Crippen molar-refractivity contribution in [2.45, 2.75) is 6.92 Å². The summed E-state index contributed by atoms with van der Waals surface area (Å²) in [4.78, 5) is 23.8. The highest BCUT2D eigenvalue weighted by atomic mass is 16.5. The predicted molar refractivity (Wildman–Crippen MR) is 102 cm³/mol. The van der Waals surface area contributed by atoms with Crippen molar-refractivity contribution in [2.24, 2.45) is 0 Å². The summed E-state index contributed by atoms with van der Waals surface area (Å²) in [6.45, 7) is 2.42. The molecule has 0 unspecified atom stereocenters. The fourth-order valence-corrected chi connectivity index (χ4v) is 2.29. The van der Waals surface area contributed by atoms with Crippen LogP contribution in [0.3, 0.4) is 0 Å². The lowest BCUT2D eigenvalue weighted by Gasteiger charge is -2.07. The molecular weight excluding hydrogens is 332 g/mol. The molecule has 0 aliphatic heterocycles. The number of rotatable bonds is 7. The van der Waals surface area contributed by atoms with E-state index in [1.807, 2.05) is 6.92 Å². The van der Waals surface area contributed by atoms with Crippen LogP contribution in [0.4, 0.5) is 5.69 Å². The van der Waals surface area contributed by atoms with Crippen molar-refractivity contribution >= 4 is 23.6 Å². The number of carbonyl (C=O) groups is 2. The zero-order valence-corrected chi connectivity index (χ0v) is 15.0. The summed E-state index contributed by atoms with van der Waals surface area (Å²) >= 11 is 0. The molecule has 0 spiro atoms. The Morgan fingerprint density at radius 3 is 2.38 bits per heavy atom. The fraction of sp³-hybridized carbons (Fsp3) is 0.200. The minimum absolute atomic E-state index is 0.143. The molecule has 6 heteroatoms. The average molecular weight is 354 g/mol. The molecule has 0 atom stereocenters. The summed E-state index contributed by atoms with van der Waals surface area (Å²) in [7, 11) is 3.14. The molecule has 6 nitrogen and oxygen atoms in total. The van der Waals surface area contributed by atoms with E-state index < -0.39 is 0 Å². The number of carbonyl (C=O) groups excluding carboxylic acids is 2. The Morgan fingerprint density at radius 1 is 1.04 bits per heavy atom. The van der Waals surface area contributed by atoms with E-state index in [9.17, 15) is 9.59 Å². The smallest absolute Gasteiger partial charge is 0.251 e. The summed E-state index contributed by atoms with van der Waals surface area (Å²) in [6, 6.07) is 12.0. The van der Waals surface area contributed by atoms with Gasteiger partial charge in [-0.2, -0.15) is 0 Å². The van der Waals surface area contributed by atoms with Gasteiger partial charge < -0.3 is 20.1 Å². The highest BCUT2D eigenvalue weighted by molar-refractivity contribution is 6.02. The number of methoxy groups -OCH3 is 2. The van der Waals surface area contributed by atoms with Crippen LogP contribution >= 0.6 is 0 Å². The van der Waals surface area contributed by atoms with Crippen molar-refractivity contribution in [2.75, 3.05) is 26.1 Å². The summed E-state index contributed by atoms with van der Waals surface area (Å²) in [5.41, 5.74) is 1.88. The highest BCUT2D eigenvalue weighted by Gasteiger charge is 2.05. The summed E-state index contributed by atoms with van der Waals surface area (Å²) in [6.07, 6.45) is 3.06. The van der Waals surface area contributed by atoms with Gasteiger partial charge >= 0.3 is 0 Å². The molecule has 0 saturated heterocycles. The van der Waals surface area contributed by atoms with Gasteiger partial charge in [-0.3, -0.25) is 9.59 Å². The molecule has 0 heterocycles. The molecule has 0 fully saturated rings. The van der Waals surface area contributed by atoms with Gasteiger partial charge in [-0.25, -0.2) is 0 Å². The second-order valence-electron chi connectivity index (χ2n) is 5.37. The first kappa shape index (κ1) is 19.1. The molecular formula is C20H22N2O4. The lowest BCUT2D eigenvalue weighted by molar-refractivity contribution is -0.111. The quantitative estimate of drug-likeness (QED) is 0.749. The summed E-state index contributed by atoms with van der Waals surface area (Å²) < 4.78 is 10.5. The maximum Gasteiger partial charge on any atom is 0.251 e. The summed E-state index contributed by atoms with van der Waals surface area (Å²) in [5.74, 6) is 0.879. The molecule has 0 aliphatic carbocycles. The van der Waals surface area contributed by atoms with E-state index in [0.29, 0.717) is 29.3 Å². The molecule has 26 heavy (non-hydrogen) atoms. The van der Waals surface area contributed by atoms with Crippen LogP contribution in [0.2, 0.25) is 0 Å². The number of amides is 2. The number of nitrogens with one attached hydrogen (secondary N) is 2. The van der Waals surface area contributed by atoms with Crippen LogP contribution < -0.4 is 20.1 Å². The van der Waals surface area contributed by atoms with Gasteiger partial charge in [0.05, 0.1) is 14.2 Å². The Bertz CT molecular complexity index is 798. The van der Waals surface area contributed by atoms with Crippen LogP contribution in [0.5, 0.6) is 11.5 Å². The van der Waals surface area contributed by atoms with Gasteiger partial charge in [-0.1, -0.05) is 0 Å². The van der Waals surface area contributed by atoms with E-state index in [0.717, 1.165) is 5.56 Å². The van der Waals surface area contributed by atoms with E-state index in [1.165, 1.54) is 6.08 Å². The van der Waals surface area contributed by atoms with Crippen LogP contribution in [0, 0.1) is 0 Å². The standard InChI is InChI=1S/C20H22N2O4/c1-4-21-20(24)14-5-8-16(9-6-14)22-19(23)12-7-15-13-17(25-2)10-11-18(15)26-3/h5-13H,4H2,1-3H3,(H,21,24)(H,22,23)/b12-7+. The van der Waals surface area contributed by atoms with E-state index in [-0.39, 0.29) is 11.8 Å². The van der Waals surface area contributed by atoms with Gasteiger partial charge in [0, 0.05) is 29.4 Å². The molecule has 2 amide bonds. The van der Waals surface area contributed by atoms with Gasteiger partial charge in [0.2, 0.25) is 5.91 Å². The van der Waals surface area contributed by atoms with Gasteiger partial charge in [-0.05, 0) is 55.5 Å². The molecule has 136 valence electrons. The Labute approximate surface area is 152 Å². The number of anilines is 1. The minimum Gasteiger partial charge on any atom is -0.497 e. The predicted octanol–water partition coefficient (Wildman–Crippen LogP) is 3.11. The maximum atomic E-state index is 12.1. The van der Waals surface area contributed by atoms with E-state index >= 15 is 0 Å². The van der Waals surface area contributed by atoms with Crippen molar-refractivity contribution in [3.8, 4) is 11.5 Å². The third-order valence-corrected chi connectivity index (χ3v) is 3.60. The Kier molecular flexibility index (Phi) is 6.79. The number of hydrogen-bond donors (Lipinski definition) is 2. The fourth-order valence-electron chi connectivity index (χ4n) is 2.29. The topological polar surface area (TPSA) is 76.7 Å². The highest BCUT2D eigenvalue weighted by Crippen LogP contribution is 2.25. The lowest BCUT2D eigenvalue weighted by Crippen LogP contribution is -2.22. The number of benzene rings is 2. The Hall–Kier alpha value is -3.28. The van der Waals surface area contributed by atoms with Crippen molar-refractivity contribution in [1.82, 2.24) is 5.32 Å². The number of hydrogen-bond acceptors (Lipinski definition) is 4. The second kappa shape index (κ2) is 9.27. The zero-order chi connectivity index (χ0) is 18.9. The van der Waals surface area contributed by atoms with Crippen LogP contribution in [0.25, 0.3) is 6.08 Å². The summed E-state index contributed by atoms with van der Waals surface area (Å²) in [5, 5.41) is 5.47. The molecule has 2 aromatic rings. The van der Waals surface area contributed by atoms with Crippen molar-refractivity contribution in [3.05, 3.63) is 59.7 Å². The van der Waals surface area contributed by atoms with Gasteiger partial charge in [-0.15, -0.1) is 0 Å². The molecule has 2 aromatic carbocycles. The first-order chi connectivity index (χ1) is 12.6. The molecule has 2 N–H and O–H groups in total. The molecule has 0 aromatic heterocycles. The largest absolute Gasteiger partial charge is 0.497 e. The number of ether oxygens (including phenoxy) is 2. The van der Waals surface area contributed by atoms with Crippen LogP contribution in [-0.4, -0.2) is 32.6 Å². The van der Waals surface area contributed by atoms with Crippen LogP contribution in [0.1, 0.15) is 22.8 Å². The third-order valence-electron chi connectivity index (χ3n) is 3.60. The van der Waals surface area contributed by atoms with E-state index in [1.54, 1.807) is 62.8 Å². The van der Waals surface area contributed by atoms with Crippen molar-refractivity contribution in [1.29, 1.82) is 0 Å². The van der Waals surface area contributed by atoms with Gasteiger partial charge in [0.1, 0.15) is 11.5 Å². The SMILES string of the molecule is CCNC(=O)c1ccc(NC(=O)/C=C/c2cc(OC)ccc2OC)cc1. The molecule has 0 aliphatic rings. The Balaban J connectivity index is 2.04. The molecule has 0 radical (unpaired) electrons. The maximum absolute atomic E-state index is 12.1. The third kappa shape index (κ3) is 5.11. The molecule has 0 bridgehead atoms. The first-order valence-corrected chi connectivity index (χ1v) is 8.16. The first-order valence-electron chi connectivity index (χ1n) is 8.16. The Morgan fingerprint density at radius 2 is 1.77 bits per heavy atom. The van der Waals surface area contributed by atoms with Crippen LogP contribution in [-0.2, 0) is 4.79 Å². The van der Waals surface area contributed by atoms with E-state index in [4.69, 9.17) is 9.47 Å². The van der Waals surface area contributed by atoms with Gasteiger partial charge in [0.25, 0.3) is 5.91 Å². The van der Waals surface area contributed by atoms with Gasteiger partial charge in [0.15, 0.2) is 0 Å². The minimum atomic E-state index is -0.291. The van der Waals surface area contributed by atoms with Crippen molar-refractivity contribution in [3.63, 3.8) is 0 Å². The zero-order valence-electron chi connectivity index (χ0n) is 15.0. The average Bonchev–Trinajstić information content (AvgIpc) is 2.66. The van der Waals surface area contributed by atoms with Crippen LogP contribution in [0.15, 0.2) is 48.5 Å².